The van der Waals surface area contributed by atoms with Crippen molar-refractivity contribution in [3.8, 4) is 11.1 Å². The highest BCUT2D eigenvalue weighted by Gasteiger charge is 2.38. The first-order valence-electron chi connectivity index (χ1n) is 11.4. The maximum Gasteiger partial charge on any atom is 0.490 e. The van der Waals surface area contributed by atoms with Gasteiger partial charge >= 0.3 is 30.3 Å². The fourth-order valence-electron chi connectivity index (χ4n) is 2.73. The van der Waals surface area contributed by atoms with Crippen molar-refractivity contribution in [3.05, 3.63) is 72.6 Å². The summed E-state index contributed by atoms with van der Waals surface area (Å²) in [5, 5.41) is 24.0. The van der Waals surface area contributed by atoms with Crippen molar-refractivity contribution in [1.82, 2.24) is 20.0 Å². The van der Waals surface area contributed by atoms with E-state index in [1.165, 1.54) is 0 Å². The maximum absolute atomic E-state index is 12.8. The summed E-state index contributed by atoms with van der Waals surface area (Å²) in [6.07, 6.45) is -6.55. The van der Waals surface area contributed by atoms with E-state index in [2.05, 4.69) is 20.4 Å². The van der Waals surface area contributed by atoms with E-state index in [9.17, 15) is 31.1 Å². The molecule has 0 spiro atoms. The lowest BCUT2D eigenvalue weighted by Crippen LogP contribution is -2.39. The topological polar surface area (TPSA) is 139 Å². The number of carboxylic acid groups (broad SMARTS) is 2. The zero-order valence-electron chi connectivity index (χ0n) is 21.7. The Labute approximate surface area is 230 Å². The standard InChI is InChI=1S/C21H25N5O.2C2HF3O2/c1-25(2)12-13-26(16-17-6-4-3-5-7-17)21(27)24-20-10-8-18(9-11-20)19-14-22-23-15-19;2*3-2(4,5)1(6)7/h3-11,14-15H,12-13,16H2,1-2H3,(H,22,23)(H,24,27);2*(H,6,7). The predicted molar refractivity (Wildman–Crippen MR) is 136 cm³/mol. The number of hydrogen-bond acceptors (Lipinski definition) is 5. The third-order valence-corrected chi connectivity index (χ3v) is 4.77. The average Bonchev–Trinajstić information content (AvgIpc) is 3.42. The fourth-order valence-corrected chi connectivity index (χ4v) is 2.73. The van der Waals surface area contributed by atoms with Gasteiger partial charge in [0.1, 0.15) is 0 Å². The first-order valence-corrected chi connectivity index (χ1v) is 11.4. The number of rotatable bonds is 7. The molecule has 1 heterocycles. The molecule has 3 aromatic rings. The second-order valence-corrected chi connectivity index (χ2v) is 8.31. The second kappa shape index (κ2) is 15.9. The van der Waals surface area contributed by atoms with Crippen molar-refractivity contribution in [2.45, 2.75) is 18.9 Å². The van der Waals surface area contributed by atoms with Crippen LogP contribution in [0, 0.1) is 0 Å². The molecule has 2 amide bonds. The van der Waals surface area contributed by atoms with Crippen molar-refractivity contribution >= 4 is 23.7 Å². The number of H-pyrrole nitrogens is 1. The smallest absolute Gasteiger partial charge is 0.475 e. The fraction of sp³-hybridized carbons (Fsp3) is 0.280. The summed E-state index contributed by atoms with van der Waals surface area (Å²) in [5.41, 5.74) is 3.96. The van der Waals surface area contributed by atoms with E-state index < -0.39 is 24.3 Å². The number of aromatic nitrogens is 2. The number of carboxylic acids is 2. The summed E-state index contributed by atoms with van der Waals surface area (Å²) in [5.74, 6) is -5.51. The van der Waals surface area contributed by atoms with Gasteiger partial charge in [0.2, 0.25) is 0 Å². The number of alkyl halides is 6. The molecule has 41 heavy (non-hydrogen) atoms. The number of likely N-dealkylation sites (N-methyl/N-ethyl adjacent to an activating group) is 1. The molecule has 4 N–H and O–H groups in total. The monoisotopic (exact) mass is 591 g/mol. The molecule has 0 radical (unpaired) electrons. The van der Waals surface area contributed by atoms with Crippen molar-refractivity contribution in [2.75, 3.05) is 32.5 Å². The molecular weight excluding hydrogens is 564 g/mol. The van der Waals surface area contributed by atoms with Gasteiger partial charge in [-0.2, -0.15) is 31.4 Å². The molecule has 2 aromatic carbocycles. The summed E-state index contributed by atoms with van der Waals surface area (Å²) < 4.78 is 63.5. The highest BCUT2D eigenvalue weighted by Crippen LogP contribution is 2.20. The number of aliphatic carboxylic acids is 2. The molecule has 0 unspecified atom stereocenters. The number of hydrogen-bond donors (Lipinski definition) is 4. The minimum Gasteiger partial charge on any atom is -0.475 e. The van der Waals surface area contributed by atoms with E-state index in [0.29, 0.717) is 13.1 Å². The molecule has 0 aliphatic rings. The van der Waals surface area contributed by atoms with Gasteiger partial charge in [0.15, 0.2) is 0 Å². The van der Waals surface area contributed by atoms with Gasteiger partial charge in [0, 0.05) is 37.1 Å². The van der Waals surface area contributed by atoms with E-state index in [1.54, 1.807) is 6.20 Å². The van der Waals surface area contributed by atoms with Gasteiger partial charge in [-0.15, -0.1) is 0 Å². The van der Waals surface area contributed by atoms with Crippen LogP contribution in [0.25, 0.3) is 11.1 Å². The van der Waals surface area contributed by atoms with Crippen molar-refractivity contribution in [2.24, 2.45) is 0 Å². The molecule has 0 saturated carbocycles. The highest BCUT2D eigenvalue weighted by molar-refractivity contribution is 5.89. The normalized spacial score (nSPS) is 11.0. The molecule has 3 rings (SSSR count). The molecule has 16 heteroatoms. The molecule has 0 aliphatic heterocycles. The Morgan fingerprint density at radius 2 is 1.34 bits per heavy atom. The number of carbonyl (C=O) groups is 3. The first kappa shape index (κ1) is 34.4. The first-order chi connectivity index (χ1) is 19.0. The van der Waals surface area contributed by atoms with Crippen LogP contribution < -0.4 is 5.32 Å². The van der Waals surface area contributed by atoms with Crippen molar-refractivity contribution in [3.63, 3.8) is 0 Å². The Bertz CT molecular complexity index is 1190. The third kappa shape index (κ3) is 13.8. The van der Waals surface area contributed by atoms with E-state index >= 15 is 0 Å². The van der Waals surface area contributed by atoms with Crippen LogP contribution in [0.15, 0.2) is 67.0 Å². The van der Waals surface area contributed by atoms with Crippen LogP contribution in [0.5, 0.6) is 0 Å². The predicted octanol–water partition coefficient (Wildman–Crippen LogP) is 4.94. The van der Waals surface area contributed by atoms with E-state index in [0.717, 1.165) is 28.9 Å². The molecule has 0 saturated heterocycles. The number of aromatic amines is 1. The van der Waals surface area contributed by atoms with Crippen LogP contribution in [0.4, 0.5) is 36.8 Å². The lowest BCUT2D eigenvalue weighted by molar-refractivity contribution is -0.193. The Morgan fingerprint density at radius 3 is 1.76 bits per heavy atom. The van der Waals surface area contributed by atoms with Gasteiger partial charge in [-0.25, -0.2) is 14.4 Å². The molecular formula is C25H27F6N5O5. The second-order valence-electron chi connectivity index (χ2n) is 8.31. The van der Waals surface area contributed by atoms with Crippen LogP contribution >= 0.6 is 0 Å². The largest absolute Gasteiger partial charge is 0.490 e. The highest BCUT2D eigenvalue weighted by atomic mass is 19.4. The third-order valence-electron chi connectivity index (χ3n) is 4.77. The van der Waals surface area contributed by atoms with Gasteiger partial charge in [0.25, 0.3) is 0 Å². The summed E-state index contributed by atoms with van der Waals surface area (Å²) in [6.45, 7) is 2.04. The quantitative estimate of drug-likeness (QED) is 0.286. The molecule has 0 fully saturated rings. The van der Waals surface area contributed by atoms with Crippen LogP contribution in [0.3, 0.4) is 0 Å². The number of halogens is 6. The SMILES string of the molecule is CN(C)CCN(Cc1ccccc1)C(=O)Nc1ccc(-c2cn[nH]c2)cc1.O=C(O)C(F)(F)F.O=C(O)C(F)(F)F. The van der Waals surface area contributed by atoms with E-state index in [-0.39, 0.29) is 6.03 Å². The zero-order chi connectivity index (χ0) is 31.2. The number of nitrogens with one attached hydrogen (secondary N) is 2. The molecule has 1 aromatic heterocycles. The number of benzene rings is 2. The maximum atomic E-state index is 12.8. The number of urea groups is 1. The lowest BCUT2D eigenvalue weighted by Gasteiger charge is -2.25. The Morgan fingerprint density at radius 1 is 0.829 bits per heavy atom. The molecule has 0 aliphatic carbocycles. The van der Waals surface area contributed by atoms with Crippen LogP contribution in [-0.4, -0.2) is 87.7 Å². The van der Waals surface area contributed by atoms with Gasteiger partial charge in [-0.3, -0.25) is 5.10 Å². The molecule has 224 valence electrons. The number of amides is 2. The summed E-state index contributed by atoms with van der Waals surface area (Å²) in [6, 6.07) is 17.7. The minimum atomic E-state index is -5.08. The molecule has 10 nitrogen and oxygen atoms in total. The van der Waals surface area contributed by atoms with E-state index in [4.69, 9.17) is 19.8 Å². The summed E-state index contributed by atoms with van der Waals surface area (Å²) in [7, 11) is 4.01. The zero-order valence-corrected chi connectivity index (χ0v) is 21.7. The van der Waals surface area contributed by atoms with Crippen molar-refractivity contribution < 1.29 is 50.9 Å². The summed E-state index contributed by atoms with van der Waals surface area (Å²) >= 11 is 0. The van der Waals surface area contributed by atoms with E-state index in [1.807, 2.05) is 79.8 Å². The average molecular weight is 592 g/mol. The minimum absolute atomic E-state index is 0.100. The number of nitrogens with zero attached hydrogens (tertiary/aromatic N) is 3. The van der Waals surface area contributed by atoms with Crippen LogP contribution in [0.2, 0.25) is 0 Å². The Balaban J connectivity index is 0.000000497. The van der Waals surface area contributed by atoms with Gasteiger partial charge < -0.3 is 25.3 Å². The molecule has 0 atom stereocenters. The van der Waals surface area contributed by atoms with Crippen molar-refractivity contribution in [1.29, 1.82) is 0 Å². The van der Waals surface area contributed by atoms with Crippen LogP contribution in [0.1, 0.15) is 5.56 Å². The van der Waals surface area contributed by atoms with Gasteiger partial charge in [0.05, 0.1) is 6.20 Å². The Kier molecular flexibility index (Phi) is 13.3. The number of anilines is 1. The molecule has 0 bridgehead atoms. The van der Waals surface area contributed by atoms with Crippen LogP contribution in [-0.2, 0) is 16.1 Å². The van der Waals surface area contributed by atoms with Gasteiger partial charge in [-0.1, -0.05) is 42.5 Å². The Hall–Kier alpha value is -4.60. The lowest BCUT2D eigenvalue weighted by atomic mass is 10.1. The van der Waals surface area contributed by atoms with Gasteiger partial charge in [-0.05, 0) is 37.4 Å². The summed E-state index contributed by atoms with van der Waals surface area (Å²) in [4.78, 5) is 34.5. The number of carbonyl (C=O) groups excluding carboxylic acids is 1.